The Morgan fingerprint density at radius 3 is 2.84 bits per heavy atom. The van der Waals surface area contributed by atoms with E-state index < -0.39 is 11.8 Å². The number of likely N-dealkylation sites (tertiary alicyclic amines) is 1. The van der Waals surface area contributed by atoms with Crippen LogP contribution in [0.2, 0.25) is 0 Å². The Balaban J connectivity index is 1.74. The number of nitrogens with one attached hydrogen (secondary N) is 1. The van der Waals surface area contributed by atoms with Gasteiger partial charge in [-0.25, -0.2) is 4.39 Å². The standard InChI is InChI=1S/C26H25FN2O3/c1-2-32-26(31)24-23(16-7-5-8-18(27)13-16)17(15-29-12-6-11-22(29)30)14-20-19-9-3-4-10-21(19)28-25(20)24/h3-5,7-10,13,15,23-24,28H,2,6,11-12,14H2,1H3/b17-15+. The molecule has 0 radical (unpaired) electrons. The van der Waals surface area contributed by atoms with Gasteiger partial charge in [0.25, 0.3) is 0 Å². The Hall–Kier alpha value is -3.41. The number of aromatic nitrogens is 1. The summed E-state index contributed by atoms with van der Waals surface area (Å²) in [5.74, 6) is -1.72. The fourth-order valence-corrected chi connectivity index (χ4v) is 5.10. The highest BCUT2D eigenvalue weighted by Gasteiger charge is 2.42. The van der Waals surface area contributed by atoms with Gasteiger partial charge in [-0.15, -0.1) is 0 Å². The molecule has 2 atom stereocenters. The minimum atomic E-state index is -0.656. The first-order valence-electron chi connectivity index (χ1n) is 11.1. The van der Waals surface area contributed by atoms with E-state index in [1.165, 1.54) is 12.1 Å². The molecule has 1 aromatic heterocycles. The molecule has 164 valence electrons. The van der Waals surface area contributed by atoms with Crippen LogP contribution in [0.25, 0.3) is 10.9 Å². The van der Waals surface area contributed by atoms with E-state index in [9.17, 15) is 14.0 Å². The van der Waals surface area contributed by atoms with E-state index in [0.717, 1.165) is 34.2 Å². The lowest BCUT2D eigenvalue weighted by atomic mass is 9.71. The molecule has 2 unspecified atom stereocenters. The molecular formula is C26H25FN2O3. The van der Waals surface area contributed by atoms with Crippen LogP contribution in [0.5, 0.6) is 0 Å². The monoisotopic (exact) mass is 432 g/mol. The number of hydrogen-bond acceptors (Lipinski definition) is 3. The van der Waals surface area contributed by atoms with Crippen molar-refractivity contribution in [1.29, 1.82) is 0 Å². The smallest absolute Gasteiger partial charge is 0.315 e. The molecule has 2 heterocycles. The Morgan fingerprint density at radius 1 is 1.25 bits per heavy atom. The molecule has 0 bridgehead atoms. The molecular weight excluding hydrogens is 407 g/mol. The van der Waals surface area contributed by atoms with Gasteiger partial charge in [0.15, 0.2) is 0 Å². The lowest BCUT2D eigenvalue weighted by Gasteiger charge is -2.34. The van der Waals surface area contributed by atoms with Gasteiger partial charge in [-0.3, -0.25) is 9.59 Å². The minimum Gasteiger partial charge on any atom is -0.465 e. The number of H-pyrrole nitrogens is 1. The largest absolute Gasteiger partial charge is 0.465 e. The zero-order valence-corrected chi connectivity index (χ0v) is 17.9. The molecule has 6 heteroatoms. The van der Waals surface area contributed by atoms with Crippen LogP contribution in [0.3, 0.4) is 0 Å². The number of fused-ring (bicyclic) bond motifs is 3. The van der Waals surface area contributed by atoms with Crippen LogP contribution in [-0.4, -0.2) is 34.9 Å². The number of nitrogens with zero attached hydrogens (tertiary/aromatic N) is 1. The van der Waals surface area contributed by atoms with Gasteiger partial charge in [0.1, 0.15) is 11.7 Å². The topological polar surface area (TPSA) is 62.4 Å². The third-order valence-electron chi connectivity index (χ3n) is 6.45. The zero-order valence-electron chi connectivity index (χ0n) is 17.9. The first-order valence-corrected chi connectivity index (χ1v) is 11.1. The number of aromatic amines is 1. The van der Waals surface area contributed by atoms with E-state index in [4.69, 9.17) is 4.74 Å². The van der Waals surface area contributed by atoms with Gasteiger partial charge in [0, 0.05) is 41.7 Å². The second-order valence-electron chi connectivity index (χ2n) is 8.40. The van der Waals surface area contributed by atoms with Gasteiger partial charge in [-0.2, -0.15) is 0 Å². The number of amides is 1. The Morgan fingerprint density at radius 2 is 2.09 bits per heavy atom. The summed E-state index contributed by atoms with van der Waals surface area (Å²) in [6.45, 7) is 2.69. The average Bonchev–Trinajstić information content (AvgIpc) is 3.36. The van der Waals surface area contributed by atoms with Gasteiger partial charge in [0.2, 0.25) is 5.91 Å². The van der Waals surface area contributed by atoms with Crippen LogP contribution >= 0.6 is 0 Å². The van der Waals surface area contributed by atoms with E-state index in [1.54, 1.807) is 17.9 Å². The number of esters is 1. The summed E-state index contributed by atoms with van der Waals surface area (Å²) < 4.78 is 19.7. The van der Waals surface area contributed by atoms with Crippen molar-refractivity contribution in [3.63, 3.8) is 0 Å². The fraction of sp³-hybridized carbons (Fsp3) is 0.308. The normalized spacial score (nSPS) is 21.9. The van der Waals surface area contributed by atoms with Crippen LogP contribution in [-0.2, 0) is 20.7 Å². The summed E-state index contributed by atoms with van der Waals surface area (Å²) in [6.07, 6.45) is 3.79. The van der Waals surface area contributed by atoms with E-state index >= 15 is 0 Å². The molecule has 1 aliphatic heterocycles. The summed E-state index contributed by atoms with van der Waals surface area (Å²) in [5, 5.41) is 1.05. The predicted molar refractivity (Wildman–Crippen MR) is 120 cm³/mol. The first kappa shape index (κ1) is 20.5. The number of benzene rings is 2. The van der Waals surface area contributed by atoms with E-state index in [2.05, 4.69) is 4.98 Å². The highest BCUT2D eigenvalue weighted by atomic mass is 19.1. The van der Waals surface area contributed by atoms with Gasteiger partial charge in [-0.05, 0) is 54.7 Å². The third-order valence-corrected chi connectivity index (χ3v) is 6.45. The third kappa shape index (κ3) is 3.49. The molecule has 0 spiro atoms. The van der Waals surface area contributed by atoms with E-state index in [-0.39, 0.29) is 24.3 Å². The molecule has 32 heavy (non-hydrogen) atoms. The Kier molecular flexibility index (Phi) is 5.29. The SMILES string of the molecule is CCOC(=O)C1c2[nH]c3ccccc3c2C/C(=C\N2CCCC2=O)C1c1cccc(F)c1. The molecule has 0 saturated carbocycles. The van der Waals surface area contributed by atoms with Gasteiger partial charge in [-0.1, -0.05) is 30.3 Å². The number of rotatable bonds is 4. The second kappa shape index (κ2) is 8.26. The highest BCUT2D eigenvalue weighted by molar-refractivity contribution is 5.90. The van der Waals surface area contributed by atoms with Crippen LogP contribution in [0.4, 0.5) is 4.39 Å². The van der Waals surface area contributed by atoms with Crippen molar-refractivity contribution in [3.8, 4) is 0 Å². The van der Waals surface area contributed by atoms with Gasteiger partial charge < -0.3 is 14.6 Å². The van der Waals surface area contributed by atoms with Crippen molar-refractivity contribution in [1.82, 2.24) is 9.88 Å². The molecule has 2 aromatic carbocycles. The van der Waals surface area contributed by atoms with Crippen molar-refractivity contribution in [2.75, 3.05) is 13.2 Å². The molecule has 1 aliphatic carbocycles. The zero-order chi connectivity index (χ0) is 22.2. The molecule has 1 N–H and O–H groups in total. The molecule has 3 aromatic rings. The average molecular weight is 432 g/mol. The Labute approximate surface area is 185 Å². The molecule has 1 saturated heterocycles. The lowest BCUT2D eigenvalue weighted by Crippen LogP contribution is -2.31. The van der Waals surface area contributed by atoms with Crippen LogP contribution in [0.15, 0.2) is 60.3 Å². The number of carbonyl (C=O) groups is 2. The van der Waals surface area contributed by atoms with Crippen molar-refractivity contribution < 1.29 is 18.7 Å². The number of ether oxygens (including phenoxy) is 1. The number of halogens is 1. The second-order valence-corrected chi connectivity index (χ2v) is 8.40. The fourth-order valence-electron chi connectivity index (χ4n) is 5.10. The quantitative estimate of drug-likeness (QED) is 0.603. The molecule has 5 nitrogen and oxygen atoms in total. The predicted octanol–water partition coefficient (Wildman–Crippen LogP) is 4.80. The summed E-state index contributed by atoms with van der Waals surface area (Å²) in [5.41, 5.74) is 4.41. The molecule has 1 fully saturated rings. The van der Waals surface area contributed by atoms with Crippen LogP contribution in [0.1, 0.15) is 48.4 Å². The summed E-state index contributed by atoms with van der Waals surface area (Å²) in [4.78, 5) is 30.9. The van der Waals surface area contributed by atoms with Crippen molar-refractivity contribution in [2.24, 2.45) is 0 Å². The van der Waals surface area contributed by atoms with Crippen molar-refractivity contribution in [2.45, 2.75) is 38.0 Å². The minimum absolute atomic E-state index is 0.0768. The molecule has 2 aliphatic rings. The van der Waals surface area contributed by atoms with Crippen molar-refractivity contribution >= 4 is 22.8 Å². The van der Waals surface area contributed by atoms with E-state index in [0.29, 0.717) is 24.9 Å². The van der Waals surface area contributed by atoms with Gasteiger partial charge in [0.05, 0.1) is 6.61 Å². The summed E-state index contributed by atoms with van der Waals surface area (Å²) in [6, 6.07) is 14.3. The highest BCUT2D eigenvalue weighted by Crippen LogP contribution is 2.48. The molecule has 5 rings (SSSR count). The van der Waals surface area contributed by atoms with Gasteiger partial charge >= 0.3 is 5.97 Å². The van der Waals surface area contributed by atoms with E-state index in [1.807, 2.05) is 36.5 Å². The number of para-hydroxylation sites is 1. The summed E-state index contributed by atoms with van der Waals surface area (Å²) in [7, 11) is 0. The number of allylic oxidation sites excluding steroid dienone is 1. The lowest BCUT2D eigenvalue weighted by molar-refractivity contribution is -0.145. The maximum absolute atomic E-state index is 14.2. The number of carbonyl (C=O) groups excluding carboxylic acids is 2. The van der Waals surface area contributed by atoms with Crippen LogP contribution in [0, 0.1) is 5.82 Å². The number of hydrogen-bond donors (Lipinski definition) is 1. The maximum atomic E-state index is 14.2. The van der Waals surface area contributed by atoms with Crippen LogP contribution < -0.4 is 0 Å². The summed E-state index contributed by atoms with van der Waals surface area (Å²) >= 11 is 0. The maximum Gasteiger partial charge on any atom is 0.315 e. The molecule has 1 amide bonds. The van der Waals surface area contributed by atoms with Crippen molar-refractivity contribution in [3.05, 3.63) is 82.9 Å². The Bertz CT molecular complexity index is 1230. The first-order chi connectivity index (χ1) is 15.6.